The zero-order valence-corrected chi connectivity index (χ0v) is 14.4. The average molecular weight is 320 g/mol. The molecule has 0 radical (unpaired) electrons. The monoisotopic (exact) mass is 320 g/mol. The molecule has 0 unspecified atom stereocenters. The van der Waals surface area contributed by atoms with Gasteiger partial charge in [-0.2, -0.15) is 8.78 Å². The Labute approximate surface area is 140 Å². The average Bonchev–Trinajstić information content (AvgIpc) is 2.56. The number of halogens is 2. The highest BCUT2D eigenvalue weighted by Crippen LogP contribution is 2.37. The summed E-state index contributed by atoms with van der Waals surface area (Å²) < 4.78 is 24.1. The van der Waals surface area contributed by atoms with Crippen molar-refractivity contribution in [3.63, 3.8) is 0 Å². The maximum Gasteiger partial charge on any atom is 0.266 e. The van der Waals surface area contributed by atoms with E-state index in [1.807, 2.05) is 0 Å². The van der Waals surface area contributed by atoms with Gasteiger partial charge in [0.05, 0.1) is 0 Å². The molecule has 0 saturated heterocycles. The summed E-state index contributed by atoms with van der Waals surface area (Å²) in [6, 6.07) is 8.67. The lowest BCUT2D eigenvalue weighted by Crippen LogP contribution is -2.13. The maximum atomic E-state index is 12.0. The molecule has 1 aromatic rings. The second-order valence-corrected chi connectivity index (χ2v) is 6.99. The van der Waals surface area contributed by atoms with Crippen LogP contribution in [0, 0.1) is 5.92 Å². The van der Waals surface area contributed by atoms with E-state index in [9.17, 15) is 8.78 Å². The van der Waals surface area contributed by atoms with Gasteiger partial charge in [-0.15, -0.1) is 0 Å². The van der Waals surface area contributed by atoms with Gasteiger partial charge in [0.15, 0.2) is 0 Å². The molecule has 0 spiro atoms. The van der Waals surface area contributed by atoms with Gasteiger partial charge in [-0.05, 0) is 67.6 Å². The molecule has 0 heterocycles. The normalized spacial score (nSPS) is 21.2. The number of hydrogen-bond acceptors (Lipinski definition) is 0. The van der Waals surface area contributed by atoms with Crippen LogP contribution in [0.2, 0.25) is 0 Å². The van der Waals surface area contributed by atoms with Crippen LogP contribution >= 0.6 is 0 Å². The molecule has 1 aliphatic rings. The van der Waals surface area contributed by atoms with E-state index in [4.69, 9.17) is 0 Å². The Morgan fingerprint density at radius 2 is 1.74 bits per heavy atom. The Morgan fingerprint density at radius 3 is 2.35 bits per heavy atom. The van der Waals surface area contributed by atoms with Crippen LogP contribution in [-0.2, 0) is 6.42 Å². The summed E-state index contributed by atoms with van der Waals surface area (Å²) in [4.78, 5) is 0. The van der Waals surface area contributed by atoms with Gasteiger partial charge in [0, 0.05) is 0 Å². The van der Waals surface area contributed by atoms with Crippen molar-refractivity contribution in [1.29, 1.82) is 0 Å². The Kier molecular flexibility index (Phi) is 7.78. The molecule has 2 heteroatoms. The molecule has 0 atom stereocenters. The Bertz CT molecular complexity index is 463. The third kappa shape index (κ3) is 6.45. The van der Waals surface area contributed by atoms with Crippen molar-refractivity contribution in [2.45, 2.75) is 77.0 Å². The second-order valence-electron chi connectivity index (χ2n) is 6.99. The zero-order chi connectivity index (χ0) is 16.5. The molecule has 0 nitrogen and oxygen atoms in total. The standard InChI is InChI=1S/C21H30F2/c1-2-3-4-6-17-9-13-19(14-10-17)20-15-11-18(12-16-20)7-5-8-21(22)23/h8,11-12,15-17,19H,2-7,9-10,13-14H2,1H3. The van der Waals surface area contributed by atoms with Crippen LogP contribution in [0.25, 0.3) is 0 Å². The van der Waals surface area contributed by atoms with Crippen molar-refractivity contribution in [3.8, 4) is 0 Å². The minimum atomic E-state index is -1.57. The summed E-state index contributed by atoms with van der Waals surface area (Å²) in [6.45, 7) is 2.27. The Balaban J connectivity index is 1.76. The number of rotatable bonds is 8. The molecular weight excluding hydrogens is 290 g/mol. The summed E-state index contributed by atoms with van der Waals surface area (Å²) in [5, 5.41) is 0. The summed E-state index contributed by atoms with van der Waals surface area (Å²) in [5.41, 5.74) is 2.59. The first-order valence-electron chi connectivity index (χ1n) is 9.29. The first-order chi connectivity index (χ1) is 11.2. The van der Waals surface area contributed by atoms with Gasteiger partial charge in [0.25, 0.3) is 6.08 Å². The highest BCUT2D eigenvalue weighted by atomic mass is 19.3. The molecule has 0 amide bonds. The van der Waals surface area contributed by atoms with Crippen LogP contribution in [0.3, 0.4) is 0 Å². The molecule has 23 heavy (non-hydrogen) atoms. The topological polar surface area (TPSA) is 0 Å². The summed E-state index contributed by atoms with van der Waals surface area (Å²) in [5.74, 6) is 1.65. The number of benzene rings is 1. The van der Waals surface area contributed by atoms with Gasteiger partial charge in [-0.3, -0.25) is 0 Å². The van der Waals surface area contributed by atoms with Crippen LogP contribution in [0.15, 0.2) is 36.4 Å². The second kappa shape index (κ2) is 9.85. The fraction of sp³-hybridized carbons (Fsp3) is 0.619. The molecular formula is C21H30F2. The van der Waals surface area contributed by atoms with Gasteiger partial charge in [-0.25, -0.2) is 0 Å². The first-order valence-corrected chi connectivity index (χ1v) is 9.29. The molecule has 1 saturated carbocycles. The Morgan fingerprint density at radius 1 is 1.04 bits per heavy atom. The fourth-order valence-corrected chi connectivity index (χ4v) is 3.77. The largest absolute Gasteiger partial charge is 0.266 e. The Hall–Kier alpha value is -1.18. The number of allylic oxidation sites excluding steroid dienone is 1. The van der Waals surface area contributed by atoms with Crippen molar-refractivity contribution in [2.75, 3.05) is 0 Å². The van der Waals surface area contributed by atoms with Crippen molar-refractivity contribution in [2.24, 2.45) is 5.92 Å². The molecule has 1 fully saturated rings. The summed E-state index contributed by atoms with van der Waals surface area (Å²) in [6.07, 6.45) is 11.4. The van der Waals surface area contributed by atoms with Crippen molar-refractivity contribution < 1.29 is 8.78 Å². The van der Waals surface area contributed by atoms with Gasteiger partial charge in [0.2, 0.25) is 0 Å². The molecule has 0 aromatic heterocycles. The SMILES string of the molecule is CCCCCC1CCC(c2ccc(CCC=C(F)F)cc2)CC1. The fourth-order valence-electron chi connectivity index (χ4n) is 3.77. The van der Waals surface area contributed by atoms with Crippen LogP contribution in [0.4, 0.5) is 8.78 Å². The predicted octanol–water partition coefficient (Wildman–Crippen LogP) is 7.25. The van der Waals surface area contributed by atoms with Gasteiger partial charge >= 0.3 is 0 Å². The third-order valence-electron chi connectivity index (χ3n) is 5.25. The summed E-state index contributed by atoms with van der Waals surface area (Å²) >= 11 is 0. The smallest absolute Gasteiger partial charge is 0.174 e. The molecule has 0 bridgehead atoms. The van der Waals surface area contributed by atoms with E-state index in [2.05, 4.69) is 31.2 Å². The van der Waals surface area contributed by atoms with E-state index < -0.39 is 6.08 Å². The van der Waals surface area contributed by atoms with E-state index >= 15 is 0 Å². The predicted molar refractivity (Wildman–Crippen MR) is 93.9 cm³/mol. The maximum absolute atomic E-state index is 12.0. The van der Waals surface area contributed by atoms with Gasteiger partial charge in [0.1, 0.15) is 0 Å². The lowest BCUT2D eigenvalue weighted by Gasteiger charge is -2.29. The molecule has 1 aliphatic carbocycles. The van der Waals surface area contributed by atoms with E-state index in [0.717, 1.165) is 17.6 Å². The lowest BCUT2D eigenvalue weighted by atomic mass is 9.77. The van der Waals surface area contributed by atoms with E-state index in [1.165, 1.54) is 56.9 Å². The van der Waals surface area contributed by atoms with Crippen molar-refractivity contribution in [3.05, 3.63) is 47.5 Å². The van der Waals surface area contributed by atoms with Crippen LogP contribution in [0.1, 0.15) is 81.8 Å². The molecule has 1 aromatic carbocycles. The minimum Gasteiger partial charge on any atom is -0.174 e. The van der Waals surface area contributed by atoms with Gasteiger partial charge < -0.3 is 0 Å². The lowest BCUT2D eigenvalue weighted by molar-refractivity contribution is 0.303. The number of hydrogen-bond donors (Lipinski definition) is 0. The highest BCUT2D eigenvalue weighted by molar-refractivity contribution is 5.26. The van der Waals surface area contributed by atoms with Gasteiger partial charge in [-0.1, -0.05) is 56.9 Å². The van der Waals surface area contributed by atoms with E-state index in [0.29, 0.717) is 18.8 Å². The van der Waals surface area contributed by atoms with Crippen LogP contribution < -0.4 is 0 Å². The number of unbranched alkanes of at least 4 members (excludes halogenated alkanes) is 2. The highest BCUT2D eigenvalue weighted by Gasteiger charge is 2.21. The first kappa shape index (κ1) is 18.2. The number of aryl methyl sites for hydroxylation is 1. The summed E-state index contributed by atoms with van der Waals surface area (Å²) in [7, 11) is 0. The van der Waals surface area contributed by atoms with Crippen LogP contribution in [-0.4, -0.2) is 0 Å². The van der Waals surface area contributed by atoms with Crippen molar-refractivity contribution >= 4 is 0 Å². The van der Waals surface area contributed by atoms with E-state index in [1.54, 1.807) is 0 Å². The van der Waals surface area contributed by atoms with E-state index in [-0.39, 0.29) is 0 Å². The molecule has 0 aliphatic heterocycles. The van der Waals surface area contributed by atoms with Crippen molar-refractivity contribution in [1.82, 2.24) is 0 Å². The van der Waals surface area contributed by atoms with Crippen LogP contribution in [0.5, 0.6) is 0 Å². The zero-order valence-electron chi connectivity index (χ0n) is 14.4. The molecule has 0 N–H and O–H groups in total. The minimum absolute atomic E-state index is 0.421. The molecule has 128 valence electrons. The molecule has 2 rings (SSSR count). The third-order valence-corrected chi connectivity index (χ3v) is 5.25. The quantitative estimate of drug-likeness (QED) is 0.442.